The largest absolute Gasteiger partial charge is 0.492 e. The number of morpholine rings is 1. The number of nitrogens with one attached hydrogen (secondary N) is 1. The van der Waals surface area contributed by atoms with E-state index in [1.165, 1.54) is 11.3 Å². The average molecular weight is 855 g/mol. The minimum Gasteiger partial charge on any atom is -0.492 e. The Morgan fingerprint density at radius 3 is 2.48 bits per heavy atom. The maximum atomic E-state index is 14.9. The zero-order valence-electron chi connectivity index (χ0n) is 36.7. The van der Waals surface area contributed by atoms with E-state index in [0.717, 1.165) is 32.5 Å². The fraction of sp³-hybridized carbons (Fsp3) is 0.617. The molecule has 0 bridgehead atoms. The van der Waals surface area contributed by atoms with Gasteiger partial charge in [0.05, 0.1) is 49.1 Å². The van der Waals surface area contributed by atoms with Gasteiger partial charge in [0.1, 0.15) is 36.1 Å². The van der Waals surface area contributed by atoms with E-state index < -0.39 is 40.8 Å². The number of carbonyl (C=O) groups excluding carboxylic acids is 3. The normalized spacial score (nSPS) is 27.4. The zero-order valence-corrected chi connectivity index (χ0v) is 36.7. The molecule has 8 rings (SSSR count). The lowest BCUT2D eigenvalue weighted by atomic mass is 9.77. The number of ketones is 1. The number of carboxylic acids is 1. The molecule has 0 spiro atoms. The highest BCUT2D eigenvalue weighted by atomic mass is 16.5. The molecule has 15 heteroatoms. The third-order valence-corrected chi connectivity index (χ3v) is 13.5. The Balaban J connectivity index is 1.07. The SMILES string of the molecule is C=C[C@@H]1C[C@]1(CC(=O)[C@@H]1CC(Oc2cc(-n3ccc(NC(C)C)n3)nc3cc(OCCN4CCOCC4)ccc23)CN1C(=O)[C@@H](CC(=O)OC1C[C@@H]2C[C@@H]2C1)C(C)(C)C)C(=O)O. The van der Waals surface area contributed by atoms with Crippen LogP contribution in [0.2, 0.25) is 0 Å². The molecule has 62 heavy (non-hydrogen) atoms. The molecule has 4 heterocycles. The van der Waals surface area contributed by atoms with Crippen LogP contribution in [0.5, 0.6) is 11.5 Å². The number of nitrogens with zero attached hydrogens (tertiary/aromatic N) is 5. The van der Waals surface area contributed by atoms with E-state index in [1.54, 1.807) is 16.8 Å². The van der Waals surface area contributed by atoms with Gasteiger partial charge >= 0.3 is 11.9 Å². The van der Waals surface area contributed by atoms with Crippen LogP contribution in [0.4, 0.5) is 5.82 Å². The van der Waals surface area contributed by atoms with Crippen molar-refractivity contribution in [2.75, 3.05) is 51.3 Å². The number of esters is 1. The van der Waals surface area contributed by atoms with E-state index in [2.05, 4.69) is 16.8 Å². The second-order valence-corrected chi connectivity index (χ2v) is 19.5. The minimum absolute atomic E-state index is 0.0555. The third kappa shape index (κ3) is 9.63. The Kier molecular flexibility index (Phi) is 12.4. The van der Waals surface area contributed by atoms with Crippen molar-refractivity contribution < 1.29 is 43.2 Å². The van der Waals surface area contributed by atoms with Gasteiger partial charge in [0, 0.05) is 68.3 Å². The van der Waals surface area contributed by atoms with E-state index >= 15 is 0 Å². The number of carbonyl (C=O) groups is 4. The number of allylic oxidation sites excluding steroid dienone is 1. The Hall–Kier alpha value is -5.02. The number of anilines is 1. The summed E-state index contributed by atoms with van der Waals surface area (Å²) in [7, 11) is 0. The van der Waals surface area contributed by atoms with Gasteiger partial charge in [0.2, 0.25) is 5.91 Å². The summed E-state index contributed by atoms with van der Waals surface area (Å²) in [4.78, 5) is 64.1. The van der Waals surface area contributed by atoms with Crippen LogP contribution in [0.25, 0.3) is 16.7 Å². The molecule has 1 aromatic carbocycles. The Labute approximate surface area is 363 Å². The third-order valence-electron chi connectivity index (χ3n) is 13.5. The van der Waals surface area contributed by atoms with Gasteiger partial charge in [-0.15, -0.1) is 11.7 Å². The van der Waals surface area contributed by atoms with Crippen LogP contribution < -0.4 is 14.8 Å². The van der Waals surface area contributed by atoms with Gasteiger partial charge in [-0.3, -0.25) is 24.1 Å². The number of fused-ring (bicyclic) bond motifs is 2. The smallest absolute Gasteiger partial charge is 0.310 e. The highest BCUT2D eigenvalue weighted by Gasteiger charge is 2.61. The first kappa shape index (κ1) is 43.6. The van der Waals surface area contributed by atoms with E-state index in [4.69, 9.17) is 29.0 Å². The van der Waals surface area contributed by atoms with Gasteiger partial charge < -0.3 is 34.3 Å². The number of aliphatic carboxylic acids is 1. The first-order chi connectivity index (χ1) is 29.6. The molecule has 2 aromatic heterocycles. The minimum atomic E-state index is -1.26. The number of hydrogen-bond acceptors (Lipinski definition) is 12. The molecule has 1 amide bonds. The predicted octanol–water partition coefficient (Wildman–Crippen LogP) is 5.93. The van der Waals surface area contributed by atoms with Crippen molar-refractivity contribution in [2.45, 2.75) is 104 Å². The standard InChI is InChI=1S/C47H62N6O9/c1-7-31-25-47(31,45(57)58)26-39(54)38-22-34(27-52(38)44(56)36(46(4,5)6)23-43(55)62-33-19-29-18-30(29)20-33)61-40-24-42(53-11-10-41(50-53)48-28(2)3)49-37-21-32(8-9-35(37)40)60-17-14-51-12-15-59-16-13-51/h7-11,21,24,28-31,33-34,36,38H,1,12-20,22-23,25-27H2,2-6H3,(H,48,50)(H,57,58)/t29-,30+,31-,33?,34?,36-,38+,47-/m1/s1. The molecule has 8 atom stereocenters. The number of ether oxygens (including phenoxy) is 4. The number of hydrogen-bond donors (Lipinski definition) is 2. The molecule has 334 valence electrons. The topological polar surface area (TPSA) is 175 Å². The second kappa shape index (κ2) is 17.6. The molecule has 2 aliphatic heterocycles. The summed E-state index contributed by atoms with van der Waals surface area (Å²) in [5.41, 5.74) is -1.31. The van der Waals surface area contributed by atoms with Crippen molar-refractivity contribution in [3.8, 4) is 17.3 Å². The fourth-order valence-electron chi connectivity index (χ4n) is 9.74. The fourth-order valence-corrected chi connectivity index (χ4v) is 9.74. The van der Waals surface area contributed by atoms with Crippen molar-refractivity contribution in [3.05, 3.63) is 49.2 Å². The number of aromatic nitrogens is 3. The van der Waals surface area contributed by atoms with E-state index in [0.29, 0.717) is 72.1 Å². The monoisotopic (exact) mass is 854 g/mol. The lowest BCUT2D eigenvalue weighted by molar-refractivity contribution is -0.157. The first-order valence-corrected chi connectivity index (χ1v) is 22.4. The lowest BCUT2D eigenvalue weighted by Crippen LogP contribution is -2.48. The molecule has 0 radical (unpaired) electrons. The number of benzene rings is 1. The lowest BCUT2D eigenvalue weighted by Gasteiger charge is -2.35. The van der Waals surface area contributed by atoms with Crippen LogP contribution in [-0.4, -0.2) is 124 Å². The molecular formula is C47H62N6O9. The van der Waals surface area contributed by atoms with E-state index in [1.807, 2.05) is 65.1 Å². The number of amides is 1. The van der Waals surface area contributed by atoms with E-state index in [9.17, 15) is 24.3 Å². The number of carboxylic acid groups (broad SMARTS) is 1. The van der Waals surface area contributed by atoms with E-state index in [-0.39, 0.29) is 55.6 Å². The van der Waals surface area contributed by atoms with Crippen LogP contribution >= 0.6 is 0 Å². The summed E-state index contributed by atoms with van der Waals surface area (Å²) < 4.78 is 26.1. The van der Waals surface area contributed by atoms with Crippen LogP contribution in [0, 0.1) is 34.5 Å². The predicted molar refractivity (Wildman–Crippen MR) is 231 cm³/mol. The van der Waals surface area contributed by atoms with Crippen LogP contribution in [0.15, 0.2) is 49.2 Å². The first-order valence-electron chi connectivity index (χ1n) is 22.4. The Morgan fingerprint density at radius 1 is 1.05 bits per heavy atom. The molecule has 2 saturated heterocycles. The molecular weight excluding hydrogens is 793 g/mol. The van der Waals surface area contributed by atoms with Crippen molar-refractivity contribution in [3.63, 3.8) is 0 Å². The number of rotatable bonds is 18. The quantitative estimate of drug-likeness (QED) is 0.114. The van der Waals surface area contributed by atoms with Crippen molar-refractivity contribution in [2.24, 2.45) is 34.5 Å². The summed E-state index contributed by atoms with van der Waals surface area (Å²) in [6.45, 7) is 18.1. The summed E-state index contributed by atoms with van der Waals surface area (Å²) >= 11 is 0. The maximum absolute atomic E-state index is 14.9. The van der Waals surface area contributed by atoms with Crippen molar-refractivity contribution in [1.82, 2.24) is 24.6 Å². The second-order valence-electron chi connectivity index (χ2n) is 19.5. The van der Waals surface area contributed by atoms with Gasteiger partial charge in [0.15, 0.2) is 11.6 Å². The molecule has 3 saturated carbocycles. The molecule has 5 fully saturated rings. The molecule has 2 N–H and O–H groups in total. The van der Waals surface area contributed by atoms with Gasteiger partial charge in [0.25, 0.3) is 0 Å². The molecule has 5 aliphatic rings. The number of pyridine rings is 1. The van der Waals surface area contributed by atoms with Crippen molar-refractivity contribution >= 4 is 40.3 Å². The van der Waals surface area contributed by atoms with Crippen LogP contribution in [0.3, 0.4) is 0 Å². The highest BCUT2D eigenvalue weighted by molar-refractivity contribution is 5.95. The number of Topliss-reactive ketones (excluding diaryl/α,β-unsaturated/α-hetero) is 1. The van der Waals surface area contributed by atoms with Gasteiger partial charge in [-0.05, 0) is 74.8 Å². The molecule has 15 nitrogen and oxygen atoms in total. The van der Waals surface area contributed by atoms with Gasteiger partial charge in [-0.2, -0.15) is 0 Å². The Bertz CT molecular complexity index is 2170. The van der Waals surface area contributed by atoms with Crippen LogP contribution in [-0.2, 0) is 28.7 Å². The maximum Gasteiger partial charge on any atom is 0.310 e. The summed E-state index contributed by atoms with van der Waals surface area (Å²) in [6.07, 6.45) is 5.65. The summed E-state index contributed by atoms with van der Waals surface area (Å²) in [5.74, 6) is 0.269. The molecule has 3 aliphatic carbocycles. The summed E-state index contributed by atoms with van der Waals surface area (Å²) in [6, 6.07) is 8.51. The van der Waals surface area contributed by atoms with Crippen LogP contribution in [0.1, 0.15) is 79.6 Å². The molecule has 3 aromatic rings. The highest BCUT2D eigenvalue weighted by Crippen LogP contribution is 2.57. The average Bonchev–Trinajstić information content (AvgIpc) is 3.89. The van der Waals surface area contributed by atoms with Crippen molar-refractivity contribution in [1.29, 1.82) is 0 Å². The van der Waals surface area contributed by atoms with Gasteiger partial charge in [-0.25, -0.2) is 9.67 Å². The van der Waals surface area contributed by atoms with Gasteiger partial charge in [-0.1, -0.05) is 26.8 Å². The Morgan fingerprint density at radius 2 is 1.81 bits per heavy atom. The molecule has 2 unspecified atom stereocenters. The number of likely N-dealkylation sites (tertiary alicyclic amines) is 1. The zero-order chi connectivity index (χ0) is 43.9. The summed E-state index contributed by atoms with van der Waals surface area (Å²) in [5, 5.41) is 19.0.